The Balaban J connectivity index is 2.33. The molecule has 0 saturated heterocycles. The SMILES string of the molecule is CNC(=O)c1c(=O)n(/N=C/c2ccc(F)cc2)[nH][n+]1C. The normalized spacial score (nSPS) is 10.9. The number of hydrogen-bond acceptors (Lipinski definition) is 3. The fourth-order valence-corrected chi connectivity index (χ4v) is 1.60. The van der Waals surface area contributed by atoms with Crippen LogP contribution in [0, 0.1) is 5.82 Å². The Kier molecular flexibility index (Phi) is 3.74. The molecule has 1 heterocycles. The van der Waals surface area contributed by atoms with Crippen LogP contribution in [0.3, 0.4) is 0 Å². The minimum atomic E-state index is -0.579. The Bertz CT molecular complexity index is 714. The van der Waals surface area contributed by atoms with Gasteiger partial charge >= 0.3 is 17.2 Å². The molecule has 0 aliphatic carbocycles. The van der Waals surface area contributed by atoms with Gasteiger partial charge in [-0.3, -0.25) is 4.79 Å². The van der Waals surface area contributed by atoms with Crippen molar-refractivity contribution in [1.82, 2.24) is 15.3 Å². The number of aromatic amines is 1. The van der Waals surface area contributed by atoms with E-state index in [4.69, 9.17) is 0 Å². The van der Waals surface area contributed by atoms with Crippen molar-refractivity contribution in [2.24, 2.45) is 12.1 Å². The molecule has 0 saturated carbocycles. The summed E-state index contributed by atoms with van der Waals surface area (Å²) >= 11 is 0. The molecule has 1 aromatic carbocycles. The Morgan fingerprint density at radius 1 is 1.45 bits per heavy atom. The van der Waals surface area contributed by atoms with Gasteiger partial charge in [-0.25, -0.2) is 9.18 Å². The van der Waals surface area contributed by atoms with Crippen LogP contribution in [0.2, 0.25) is 0 Å². The lowest BCUT2D eigenvalue weighted by Crippen LogP contribution is -2.42. The van der Waals surface area contributed by atoms with E-state index in [1.807, 2.05) is 0 Å². The molecule has 0 bridgehead atoms. The number of amides is 1. The fourth-order valence-electron chi connectivity index (χ4n) is 1.60. The summed E-state index contributed by atoms with van der Waals surface area (Å²) in [5.41, 5.74) is -0.0222. The molecule has 7 nitrogen and oxygen atoms in total. The summed E-state index contributed by atoms with van der Waals surface area (Å²) in [6.07, 6.45) is 1.38. The zero-order valence-corrected chi connectivity index (χ0v) is 10.9. The third-order valence-corrected chi connectivity index (χ3v) is 2.61. The van der Waals surface area contributed by atoms with Crippen molar-refractivity contribution >= 4 is 12.1 Å². The van der Waals surface area contributed by atoms with Crippen LogP contribution >= 0.6 is 0 Å². The van der Waals surface area contributed by atoms with Gasteiger partial charge in [0, 0.05) is 11.8 Å². The molecule has 8 heteroatoms. The summed E-state index contributed by atoms with van der Waals surface area (Å²) < 4.78 is 14.0. The van der Waals surface area contributed by atoms with Gasteiger partial charge in [-0.05, 0) is 17.7 Å². The van der Waals surface area contributed by atoms with Gasteiger partial charge in [0.15, 0.2) is 0 Å². The zero-order valence-electron chi connectivity index (χ0n) is 10.9. The first-order chi connectivity index (χ1) is 9.52. The number of nitrogens with one attached hydrogen (secondary N) is 2. The minimum Gasteiger partial charge on any atom is -0.352 e. The van der Waals surface area contributed by atoms with E-state index < -0.39 is 11.5 Å². The van der Waals surface area contributed by atoms with Crippen LogP contribution in [0.4, 0.5) is 4.39 Å². The molecule has 0 fully saturated rings. The highest BCUT2D eigenvalue weighted by molar-refractivity contribution is 5.90. The highest BCUT2D eigenvalue weighted by atomic mass is 19.1. The van der Waals surface area contributed by atoms with E-state index >= 15 is 0 Å². The average molecular weight is 278 g/mol. The second kappa shape index (κ2) is 5.47. The monoisotopic (exact) mass is 278 g/mol. The summed E-state index contributed by atoms with van der Waals surface area (Å²) in [5.74, 6) is -0.864. The maximum Gasteiger partial charge on any atom is 0.432 e. The first-order valence-electron chi connectivity index (χ1n) is 5.76. The van der Waals surface area contributed by atoms with Gasteiger partial charge in [0.25, 0.3) is 0 Å². The third-order valence-electron chi connectivity index (χ3n) is 2.61. The van der Waals surface area contributed by atoms with E-state index in [2.05, 4.69) is 15.6 Å². The van der Waals surface area contributed by atoms with Crippen molar-refractivity contribution in [2.75, 3.05) is 7.05 Å². The van der Waals surface area contributed by atoms with E-state index in [1.54, 1.807) is 0 Å². The van der Waals surface area contributed by atoms with Crippen molar-refractivity contribution in [3.63, 3.8) is 0 Å². The third kappa shape index (κ3) is 2.63. The molecule has 2 aromatic rings. The number of aromatic nitrogens is 3. The highest BCUT2D eigenvalue weighted by Gasteiger charge is 2.25. The van der Waals surface area contributed by atoms with Gasteiger partial charge in [-0.15, -0.1) is 0 Å². The number of benzene rings is 1. The van der Waals surface area contributed by atoms with Gasteiger partial charge in [0.2, 0.25) is 0 Å². The lowest BCUT2D eigenvalue weighted by Gasteiger charge is -1.89. The summed E-state index contributed by atoms with van der Waals surface area (Å²) in [7, 11) is 2.96. The van der Waals surface area contributed by atoms with Gasteiger partial charge < -0.3 is 5.32 Å². The van der Waals surface area contributed by atoms with Gasteiger partial charge in [-0.1, -0.05) is 22.4 Å². The molecule has 1 amide bonds. The largest absolute Gasteiger partial charge is 0.432 e. The molecule has 0 atom stereocenters. The van der Waals surface area contributed by atoms with Gasteiger partial charge in [0.05, 0.1) is 6.21 Å². The van der Waals surface area contributed by atoms with Crippen LogP contribution in [-0.4, -0.2) is 29.2 Å². The van der Waals surface area contributed by atoms with Crippen molar-refractivity contribution in [3.05, 3.63) is 51.7 Å². The Labute approximate surface area is 113 Å². The predicted octanol–water partition coefficient (Wildman–Crippen LogP) is -0.618. The molecular formula is C12H13FN5O2+. The first kappa shape index (κ1) is 13.7. The lowest BCUT2D eigenvalue weighted by molar-refractivity contribution is -0.734. The number of nitrogens with zero attached hydrogens (tertiary/aromatic N) is 3. The van der Waals surface area contributed by atoms with Crippen molar-refractivity contribution in [3.8, 4) is 0 Å². The van der Waals surface area contributed by atoms with E-state index in [-0.39, 0.29) is 11.5 Å². The maximum atomic E-state index is 12.7. The average Bonchev–Trinajstić information content (AvgIpc) is 2.72. The molecule has 0 aliphatic heterocycles. The first-order valence-corrected chi connectivity index (χ1v) is 5.76. The molecule has 2 rings (SSSR count). The molecular weight excluding hydrogens is 265 g/mol. The summed E-state index contributed by atoms with van der Waals surface area (Å²) in [6, 6.07) is 5.61. The molecule has 0 unspecified atom stereocenters. The maximum absolute atomic E-state index is 12.7. The minimum absolute atomic E-state index is 0.0660. The van der Waals surface area contributed by atoms with Crippen molar-refractivity contribution in [1.29, 1.82) is 0 Å². The smallest absolute Gasteiger partial charge is 0.352 e. The number of halogens is 1. The van der Waals surface area contributed by atoms with Crippen LogP contribution < -0.4 is 15.6 Å². The van der Waals surface area contributed by atoms with E-state index in [9.17, 15) is 14.0 Å². The number of hydrogen-bond donors (Lipinski definition) is 2. The standard InChI is InChI=1S/C12H12FN5O2/c1-14-11(19)10-12(20)18(16-17(10)2)15-7-8-3-5-9(13)6-4-8/h3-7H,1-2H3,(H-,14,16,19,20)/p+1/b15-7+. The fraction of sp³-hybridized carbons (Fsp3) is 0.167. The van der Waals surface area contributed by atoms with E-state index in [0.717, 1.165) is 4.79 Å². The van der Waals surface area contributed by atoms with Crippen LogP contribution in [-0.2, 0) is 7.05 Å². The van der Waals surface area contributed by atoms with Crippen LogP contribution in [0.5, 0.6) is 0 Å². The van der Waals surface area contributed by atoms with E-state index in [0.29, 0.717) is 5.56 Å². The number of H-pyrrole nitrogens is 1. The summed E-state index contributed by atoms with van der Waals surface area (Å²) in [4.78, 5) is 24.4. The van der Waals surface area contributed by atoms with Crippen LogP contribution in [0.1, 0.15) is 16.1 Å². The molecule has 20 heavy (non-hydrogen) atoms. The molecule has 0 spiro atoms. The van der Waals surface area contributed by atoms with Crippen molar-refractivity contribution < 1.29 is 13.9 Å². The zero-order chi connectivity index (χ0) is 14.7. The quantitative estimate of drug-likeness (QED) is 0.579. The number of rotatable bonds is 3. The molecule has 2 N–H and O–H groups in total. The second-order valence-corrected chi connectivity index (χ2v) is 4.00. The topological polar surface area (TPSA) is 83.1 Å². The van der Waals surface area contributed by atoms with Crippen LogP contribution in [0.25, 0.3) is 0 Å². The number of carbonyl (C=O) groups excluding carboxylic acids is 1. The molecule has 0 aliphatic rings. The van der Waals surface area contributed by atoms with Gasteiger partial charge in [-0.2, -0.15) is 4.68 Å². The van der Waals surface area contributed by atoms with Crippen molar-refractivity contribution in [2.45, 2.75) is 0 Å². The number of aryl methyl sites for hydroxylation is 1. The summed E-state index contributed by atoms with van der Waals surface area (Å²) in [5, 5.41) is 8.87. The Morgan fingerprint density at radius 3 is 2.70 bits per heavy atom. The van der Waals surface area contributed by atoms with E-state index in [1.165, 1.54) is 49.3 Å². The summed E-state index contributed by atoms with van der Waals surface area (Å²) in [6.45, 7) is 0. The molecule has 0 radical (unpaired) electrons. The Hall–Kier alpha value is -2.77. The number of carbonyl (C=O) groups is 1. The van der Waals surface area contributed by atoms with Gasteiger partial charge in [0.1, 0.15) is 12.9 Å². The Morgan fingerprint density at radius 2 is 2.10 bits per heavy atom. The lowest BCUT2D eigenvalue weighted by atomic mass is 10.2. The molecule has 104 valence electrons. The predicted molar refractivity (Wildman–Crippen MR) is 69.0 cm³/mol. The second-order valence-electron chi connectivity index (χ2n) is 4.00. The molecule has 1 aromatic heterocycles. The van der Waals surface area contributed by atoms with Crippen LogP contribution in [0.15, 0.2) is 34.2 Å². The highest BCUT2D eigenvalue weighted by Crippen LogP contribution is 1.99.